The van der Waals surface area contributed by atoms with Gasteiger partial charge in [-0.25, -0.2) is 12.8 Å². The van der Waals surface area contributed by atoms with Crippen molar-refractivity contribution in [1.82, 2.24) is 0 Å². The average molecular weight is 242 g/mol. The van der Waals surface area contributed by atoms with Gasteiger partial charge in [0.2, 0.25) is 0 Å². The first-order chi connectivity index (χ1) is 7.51. The lowest BCUT2D eigenvalue weighted by atomic mass is 10.3. The van der Waals surface area contributed by atoms with Gasteiger partial charge >= 0.3 is 0 Å². The molecule has 0 heterocycles. The third kappa shape index (κ3) is 1.87. The zero-order valence-electron chi connectivity index (χ0n) is 8.52. The molecular weight excluding hydrogens is 231 g/mol. The number of carbonyl (C=O) groups is 1. The molecule has 1 aliphatic rings. The first-order valence-electron chi connectivity index (χ1n) is 5.04. The molecule has 2 rings (SSSR count). The van der Waals surface area contributed by atoms with Crippen LogP contribution < -0.4 is 0 Å². The first-order valence-corrected chi connectivity index (χ1v) is 6.58. The van der Waals surface area contributed by atoms with Gasteiger partial charge < -0.3 is 0 Å². The van der Waals surface area contributed by atoms with E-state index in [4.69, 9.17) is 0 Å². The molecule has 0 spiro atoms. The Morgan fingerprint density at radius 1 is 1.31 bits per heavy atom. The second-order valence-electron chi connectivity index (χ2n) is 3.85. The van der Waals surface area contributed by atoms with Gasteiger partial charge in [0.05, 0.1) is 4.90 Å². The molecule has 0 radical (unpaired) electrons. The SMILES string of the molecule is O=C1CCCC1S(=O)(=O)c1cccc(F)c1. The Balaban J connectivity index is 2.43. The summed E-state index contributed by atoms with van der Waals surface area (Å²) in [6.45, 7) is 0. The van der Waals surface area contributed by atoms with Crippen LogP contribution >= 0.6 is 0 Å². The number of rotatable bonds is 2. The molecule has 1 aliphatic carbocycles. The van der Waals surface area contributed by atoms with Crippen LogP contribution in [0.3, 0.4) is 0 Å². The van der Waals surface area contributed by atoms with Crippen molar-refractivity contribution in [2.45, 2.75) is 29.4 Å². The van der Waals surface area contributed by atoms with E-state index in [1.165, 1.54) is 18.2 Å². The number of halogens is 1. The summed E-state index contributed by atoms with van der Waals surface area (Å²) in [5, 5.41) is -0.978. The average Bonchev–Trinajstić information content (AvgIpc) is 2.65. The summed E-state index contributed by atoms with van der Waals surface area (Å²) in [4.78, 5) is 11.3. The fraction of sp³-hybridized carbons (Fsp3) is 0.364. The molecule has 86 valence electrons. The van der Waals surface area contributed by atoms with E-state index < -0.39 is 20.9 Å². The lowest BCUT2D eigenvalue weighted by Crippen LogP contribution is -2.25. The number of hydrogen-bond acceptors (Lipinski definition) is 3. The maximum absolute atomic E-state index is 12.9. The van der Waals surface area contributed by atoms with Crippen LogP contribution in [-0.2, 0) is 14.6 Å². The summed E-state index contributed by atoms with van der Waals surface area (Å²) in [6.07, 6.45) is 1.24. The highest BCUT2D eigenvalue weighted by atomic mass is 32.2. The van der Waals surface area contributed by atoms with Gasteiger partial charge in [-0.15, -0.1) is 0 Å². The summed E-state index contributed by atoms with van der Waals surface area (Å²) < 4.78 is 37.0. The molecular formula is C11H11FO3S. The van der Waals surface area contributed by atoms with Crippen LogP contribution in [0.2, 0.25) is 0 Å². The van der Waals surface area contributed by atoms with Crippen LogP contribution in [0, 0.1) is 5.82 Å². The normalized spacial score (nSPS) is 21.3. The molecule has 0 aromatic heterocycles. The van der Waals surface area contributed by atoms with E-state index in [-0.39, 0.29) is 10.7 Å². The molecule has 1 atom stereocenters. The maximum atomic E-state index is 12.9. The number of hydrogen-bond donors (Lipinski definition) is 0. The predicted molar refractivity (Wildman–Crippen MR) is 56.2 cm³/mol. The van der Waals surface area contributed by atoms with Crippen molar-refractivity contribution in [3.8, 4) is 0 Å². The Labute approximate surface area is 93.2 Å². The minimum absolute atomic E-state index is 0.104. The van der Waals surface area contributed by atoms with E-state index >= 15 is 0 Å². The summed E-state index contributed by atoms with van der Waals surface area (Å²) in [7, 11) is -3.70. The topological polar surface area (TPSA) is 51.2 Å². The molecule has 0 N–H and O–H groups in total. The van der Waals surface area contributed by atoms with E-state index in [1.54, 1.807) is 0 Å². The van der Waals surface area contributed by atoms with E-state index in [9.17, 15) is 17.6 Å². The molecule has 1 aromatic rings. The van der Waals surface area contributed by atoms with Gasteiger partial charge in [0.25, 0.3) is 0 Å². The molecule has 16 heavy (non-hydrogen) atoms. The van der Waals surface area contributed by atoms with Gasteiger partial charge in [-0.05, 0) is 31.0 Å². The number of Topliss-reactive ketones (excluding diaryl/α,β-unsaturated/α-hetero) is 1. The minimum atomic E-state index is -3.70. The molecule has 1 unspecified atom stereocenters. The molecule has 0 amide bonds. The van der Waals surface area contributed by atoms with Crippen LogP contribution in [0.4, 0.5) is 4.39 Å². The second kappa shape index (κ2) is 3.97. The third-order valence-corrected chi connectivity index (χ3v) is 4.91. The molecule has 5 heteroatoms. The molecule has 0 saturated heterocycles. The van der Waals surface area contributed by atoms with Crippen LogP contribution in [0.25, 0.3) is 0 Å². The Kier molecular flexibility index (Phi) is 2.80. The lowest BCUT2D eigenvalue weighted by molar-refractivity contribution is -0.117. The van der Waals surface area contributed by atoms with Crippen molar-refractivity contribution in [3.63, 3.8) is 0 Å². The fourth-order valence-electron chi connectivity index (χ4n) is 1.92. The monoisotopic (exact) mass is 242 g/mol. The fourth-order valence-corrected chi connectivity index (χ4v) is 3.73. The quantitative estimate of drug-likeness (QED) is 0.793. The van der Waals surface area contributed by atoms with Gasteiger partial charge in [-0.2, -0.15) is 0 Å². The lowest BCUT2D eigenvalue weighted by Gasteiger charge is -2.09. The van der Waals surface area contributed by atoms with E-state index in [0.29, 0.717) is 19.3 Å². The minimum Gasteiger partial charge on any atom is -0.298 e. The van der Waals surface area contributed by atoms with Crippen molar-refractivity contribution < 1.29 is 17.6 Å². The van der Waals surface area contributed by atoms with E-state index in [1.807, 2.05) is 0 Å². The Morgan fingerprint density at radius 3 is 2.62 bits per heavy atom. The summed E-state index contributed by atoms with van der Waals surface area (Å²) in [6, 6.07) is 4.79. The van der Waals surface area contributed by atoms with Crippen molar-refractivity contribution >= 4 is 15.6 Å². The van der Waals surface area contributed by atoms with E-state index in [2.05, 4.69) is 0 Å². The number of benzene rings is 1. The highest BCUT2D eigenvalue weighted by Gasteiger charge is 2.37. The van der Waals surface area contributed by atoms with Crippen molar-refractivity contribution in [2.75, 3.05) is 0 Å². The van der Waals surface area contributed by atoms with Crippen LogP contribution in [-0.4, -0.2) is 19.5 Å². The molecule has 3 nitrogen and oxygen atoms in total. The summed E-state index contributed by atoms with van der Waals surface area (Å²) in [5.74, 6) is -0.865. The molecule has 0 bridgehead atoms. The van der Waals surface area contributed by atoms with Crippen molar-refractivity contribution in [2.24, 2.45) is 0 Å². The molecule has 1 saturated carbocycles. The largest absolute Gasteiger partial charge is 0.298 e. The summed E-state index contributed by atoms with van der Waals surface area (Å²) in [5.41, 5.74) is 0. The highest BCUT2D eigenvalue weighted by molar-refractivity contribution is 7.92. The Bertz CT molecular complexity index is 522. The first kappa shape index (κ1) is 11.3. The van der Waals surface area contributed by atoms with Gasteiger partial charge in [-0.3, -0.25) is 4.79 Å². The van der Waals surface area contributed by atoms with Gasteiger partial charge in [0.15, 0.2) is 15.6 Å². The molecule has 1 aromatic carbocycles. The van der Waals surface area contributed by atoms with Crippen LogP contribution in [0.5, 0.6) is 0 Å². The predicted octanol–water partition coefficient (Wildman–Crippen LogP) is 1.72. The van der Waals surface area contributed by atoms with Crippen LogP contribution in [0.15, 0.2) is 29.2 Å². The van der Waals surface area contributed by atoms with E-state index in [0.717, 1.165) is 6.07 Å². The van der Waals surface area contributed by atoms with Gasteiger partial charge in [0.1, 0.15) is 11.1 Å². The maximum Gasteiger partial charge on any atom is 0.188 e. The number of ketones is 1. The van der Waals surface area contributed by atoms with Crippen molar-refractivity contribution in [3.05, 3.63) is 30.1 Å². The molecule has 0 aliphatic heterocycles. The Morgan fingerprint density at radius 2 is 2.06 bits per heavy atom. The Hall–Kier alpha value is -1.23. The number of carbonyl (C=O) groups excluding carboxylic acids is 1. The zero-order chi connectivity index (χ0) is 11.8. The summed E-state index contributed by atoms with van der Waals surface area (Å²) >= 11 is 0. The van der Waals surface area contributed by atoms with Crippen LogP contribution in [0.1, 0.15) is 19.3 Å². The van der Waals surface area contributed by atoms with Gasteiger partial charge in [-0.1, -0.05) is 6.07 Å². The molecule has 1 fully saturated rings. The number of sulfone groups is 1. The van der Waals surface area contributed by atoms with Gasteiger partial charge in [0, 0.05) is 6.42 Å². The standard InChI is InChI=1S/C11H11FO3S/c12-8-3-1-4-9(7-8)16(14,15)11-6-2-5-10(11)13/h1,3-4,7,11H,2,5-6H2. The zero-order valence-corrected chi connectivity index (χ0v) is 9.34. The third-order valence-electron chi connectivity index (χ3n) is 2.75. The highest BCUT2D eigenvalue weighted by Crippen LogP contribution is 2.27. The second-order valence-corrected chi connectivity index (χ2v) is 5.98. The van der Waals surface area contributed by atoms with Crippen molar-refractivity contribution in [1.29, 1.82) is 0 Å². The smallest absolute Gasteiger partial charge is 0.188 e.